The van der Waals surface area contributed by atoms with Gasteiger partial charge in [-0.15, -0.1) is 11.3 Å². The highest BCUT2D eigenvalue weighted by Gasteiger charge is 2.29. The first-order chi connectivity index (χ1) is 14.1. The molecule has 0 N–H and O–H groups in total. The Morgan fingerprint density at radius 1 is 1.24 bits per heavy atom. The first-order valence-corrected chi connectivity index (χ1v) is 10.3. The summed E-state index contributed by atoms with van der Waals surface area (Å²) in [6.07, 6.45) is 0. The Morgan fingerprint density at radius 3 is 2.72 bits per heavy atom. The van der Waals surface area contributed by atoms with Crippen LogP contribution in [0, 0.1) is 6.92 Å². The number of carbonyl (C=O) groups is 2. The highest BCUT2D eigenvalue weighted by Crippen LogP contribution is 2.36. The lowest BCUT2D eigenvalue weighted by Gasteiger charge is -2.31. The molecule has 2 amide bonds. The molecule has 0 saturated heterocycles. The van der Waals surface area contributed by atoms with Crippen LogP contribution >= 0.6 is 11.3 Å². The van der Waals surface area contributed by atoms with Crippen LogP contribution in [0.1, 0.15) is 11.9 Å². The quantitative estimate of drug-likeness (QED) is 0.644. The monoisotopic (exact) mass is 407 g/mol. The molecule has 2 heterocycles. The van der Waals surface area contributed by atoms with Crippen LogP contribution in [0.5, 0.6) is 5.75 Å². The number of nitrogens with zero attached hydrogens (tertiary/aromatic N) is 3. The summed E-state index contributed by atoms with van der Waals surface area (Å²) in [5.74, 6) is 0.215. The van der Waals surface area contributed by atoms with E-state index in [4.69, 9.17) is 4.74 Å². The number of carbonyl (C=O) groups excluding carboxylic acids is 2. The molecule has 0 aliphatic carbocycles. The van der Waals surface area contributed by atoms with Crippen LogP contribution in [0.25, 0.3) is 11.3 Å². The second kappa shape index (κ2) is 8.05. The molecule has 0 atom stereocenters. The van der Waals surface area contributed by atoms with Crippen LogP contribution in [0.15, 0.2) is 53.9 Å². The summed E-state index contributed by atoms with van der Waals surface area (Å²) < 4.78 is 5.58. The minimum atomic E-state index is -0.235. The first-order valence-electron chi connectivity index (χ1n) is 9.42. The molecule has 0 unspecified atom stereocenters. The number of thiazole rings is 1. The van der Waals surface area contributed by atoms with Crippen LogP contribution < -0.4 is 14.5 Å². The van der Waals surface area contributed by atoms with Gasteiger partial charge in [-0.3, -0.25) is 14.5 Å². The lowest BCUT2D eigenvalue weighted by Crippen LogP contribution is -2.46. The Bertz CT molecular complexity index is 1050. The van der Waals surface area contributed by atoms with E-state index in [0.717, 1.165) is 22.0 Å². The minimum Gasteiger partial charge on any atom is -0.482 e. The van der Waals surface area contributed by atoms with E-state index >= 15 is 0 Å². The molecule has 6 nitrogen and oxygen atoms in total. The Hall–Kier alpha value is -3.19. The average Bonchev–Trinajstić information content (AvgIpc) is 3.17. The van der Waals surface area contributed by atoms with Gasteiger partial charge in [0.05, 0.1) is 16.4 Å². The Kier molecular flexibility index (Phi) is 5.31. The minimum absolute atomic E-state index is 0.0442. The molecule has 1 aliphatic rings. The van der Waals surface area contributed by atoms with Crippen LogP contribution in [-0.4, -0.2) is 36.5 Å². The highest BCUT2D eigenvalue weighted by molar-refractivity contribution is 7.09. The number of aryl methyl sites for hydroxylation is 1. The number of fused-ring (bicyclic) bond motifs is 1. The fourth-order valence-corrected chi connectivity index (χ4v) is 3.98. The third kappa shape index (κ3) is 3.86. The standard InChI is InChI=1S/C22H21N3O3S/c1-3-24(17-7-5-4-6-8-17)21(26)12-25-19-11-16(18-14-29-15(2)23-18)9-10-20(19)28-13-22(25)27/h4-11,14H,3,12-13H2,1-2H3. The number of rotatable bonds is 5. The molecule has 0 fully saturated rings. The number of anilines is 2. The van der Waals surface area contributed by atoms with Crippen LogP contribution in [0.3, 0.4) is 0 Å². The molecule has 0 spiro atoms. The fourth-order valence-electron chi connectivity index (χ4n) is 3.36. The van der Waals surface area contributed by atoms with Crippen LogP contribution in [0.2, 0.25) is 0 Å². The maximum Gasteiger partial charge on any atom is 0.265 e. The van der Waals surface area contributed by atoms with Crippen molar-refractivity contribution in [1.29, 1.82) is 0 Å². The molecule has 4 rings (SSSR count). The van der Waals surface area contributed by atoms with Crippen molar-refractivity contribution < 1.29 is 14.3 Å². The molecule has 3 aromatic rings. The first kappa shape index (κ1) is 19.1. The average molecular weight is 407 g/mol. The van der Waals surface area contributed by atoms with Gasteiger partial charge in [-0.25, -0.2) is 4.98 Å². The van der Waals surface area contributed by atoms with Crippen molar-refractivity contribution in [2.45, 2.75) is 13.8 Å². The van der Waals surface area contributed by atoms with E-state index in [2.05, 4.69) is 4.98 Å². The molecular weight excluding hydrogens is 386 g/mol. The molecule has 2 aromatic carbocycles. The van der Waals surface area contributed by atoms with E-state index < -0.39 is 0 Å². The molecule has 7 heteroatoms. The highest BCUT2D eigenvalue weighted by atomic mass is 32.1. The second-order valence-corrected chi connectivity index (χ2v) is 7.74. The van der Waals surface area contributed by atoms with E-state index in [0.29, 0.717) is 18.0 Å². The number of likely N-dealkylation sites (N-methyl/N-ethyl adjacent to an activating group) is 1. The van der Waals surface area contributed by atoms with Gasteiger partial charge >= 0.3 is 0 Å². The number of para-hydroxylation sites is 1. The van der Waals surface area contributed by atoms with Gasteiger partial charge in [0.15, 0.2) is 6.61 Å². The number of hydrogen-bond donors (Lipinski definition) is 0. The molecule has 0 saturated carbocycles. The van der Waals surface area contributed by atoms with Gasteiger partial charge < -0.3 is 9.64 Å². The topological polar surface area (TPSA) is 62.7 Å². The summed E-state index contributed by atoms with van der Waals surface area (Å²) in [5.41, 5.74) is 3.15. The number of aromatic nitrogens is 1. The Morgan fingerprint density at radius 2 is 2.03 bits per heavy atom. The number of benzene rings is 2. The zero-order valence-corrected chi connectivity index (χ0v) is 17.1. The molecular formula is C22H21N3O3S. The third-order valence-corrected chi connectivity index (χ3v) is 5.57. The number of hydrogen-bond acceptors (Lipinski definition) is 5. The maximum absolute atomic E-state index is 13.0. The van der Waals surface area contributed by atoms with Crippen molar-refractivity contribution in [2.75, 3.05) is 29.5 Å². The molecule has 148 valence electrons. The number of ether oxygens (including phenoxy) is 1. The van der Waals surface area contributed by atoms with E-state index in [1.54, 1.807) is 16.2 Å². The summed E-state index contributed by atoms with van der Waals surface area (Å²) >= 11 is 1.57. The van der Waals surface area contributed by atoms with E-state index in [-0.39, 0.29) is 25.0 Å². The largest absolute Gasteiger partial charge is 0.482 e. The summed E-state index contributed by atoms with van der Waals surface area (Å²) in [4.78, 5) is 33.3. The maximum atomic E-state index is 13.0. The lowest BCUT2D eigenvalue weighted by molar-refractivity contribution is -0.124. The Balaban J connectivity index is 1.64. The van der Waals surface area contributed by atoms with E-state index in [1.807, 2.05) is 67.8 Å². The fraction of sp³-hybridized carbons (Fsp3) is 0.227. The van der Waals surface area contributed by atoms with Crippen LogP contribution in [0.4, 0.5) is 11.4 Å². The summed E-state index contributed by atoms with van der Waals surface area (Å²) in [5, 5.41) is 2.95. The molecule has 29 heavy (non-hydrogen) atoms. The zero-order chi connectivity index (χ0) is 20.4. The molecule has 0 bridgehead atoms. The van der Waals surface area contributed by atoms with Crippen molar-refractivity contribution in [3.8, 4) is 17.0 Å². The molecule has 1 aliphatic heterocycles. The van der Waals surface area contributed by atoms with E-state index in [1.165, 1.54) is 4.90 Å². The second-order valence-electron chi connectivity index (χ2n) is 6.68. The lowest BCUT2D eigenvalue weighted by atomic mass is 10.1. The van der Waals surface area contributed by atoms with Crippen molar-refractivity contribution in [1.82, 2.24) is 4.98 Å². The van der Waals surface area contributed by atoms with Gasteiger partial charge in [-0.1, -0.05) is 18.2 Å². The van der Waals surface area contributed by atoms with Crippen molar-refractivity contribution in [3.63, 3.8) is 0 Å². The zero-order valence-electron chi connectivity index (χ0n) is 16.3. The third-order valence-electron chi connectivity index (χ3n) is 4.80. The predicted molar refractivity (Wildman–Crippen MR) is 115 cm³/mol. The number of amides is 2. The van der Waals surface area contributed by atoms with Crippen molar-refractivity contribution in [3.05, 3.63) is 58.9 Å². The summed E-state index contributed by atoms with van der Waals surface area (Å²) in [7, 11) is 0. The predicted octanol–water partition coefficient (Wildman–Crippen LogP) is 3.90. The van der Waals surface area contributed by atoms with Crippen molar-refractivity contribution >= 4 is 34.5 Å². The summed E-state index contributed by atoms with van der Waals surface area (Å²) in [6.45, 7) is 4.27. The summed E-state index contributed by atoms with van der Waals surface area (Å²) in [6, 6.07) is 15.1. The smallest absolute Gasteiger partial charge is 0.265 e. The van der Waals surface area contributed by atoms with Crippen LogP contribution in [-0.2, 0) is 9.59 Å². The van der Waals surface area contributed by atoms with Crippen molar-refractivity contribution in [2.24, 2.45) is 0 Å². The van der Waals surface area contributed by atoms with E-state index in [9.17, 15) is 9.59 Å². The molecule has 0 radical (unpaired) electrons. The van der Waals surface area contributed by atoms with Gasteiger partial charge in [0, 0.05) is 23.2 Å². The van der Waals surface area contributed by atoms with Gasteiger partial charge in [0.2, 0.25) is 5.91 Å². The van der Waals surface area contributed by atoms with Gasteiger partial charge in [-0.05, 0) is 44.2 Å². The molecule has 1 aromatic heterocycles. The van der Waals surface area contributed by atoms with Gasteiger partial charge in [0.1, 0.15) is 12.3 Å². The SMILES string of the molecule is CCN(C(=O)CN1C(=O)COc2ccc(-c3csc(C)n3)cc21)c1ccccc1. The normalized spacial score (nSPS) is 13.0. The Labute approximate surface area is 173 Å². The van der Waals surface area contributed by atoms with Gasteiger partial charge in [-0.2, -0.15) is 0 Å². The van der Waals surface area contributed by atoms with Gasteiger partial charge in [0.25, 0.3) is 5.91 Å².